The van der Waals surface area contributed by atoms with E-state index in [4.69, 9.17) is 0 Å². The van der Waals surface area contributed by atoms with Gasteiger partial charge in [0, 0.05) is 0 Å². The summed E-state index contributed by atoms with van der Waals surface area (Å²) in [5, 5.41) is 0. The molecule has 0 atom stereocenters. The van der Waals surface area contributed by atoms with Gasteiger partial charge in [-0.1, -0.05) is 34.9 Å². The van der Waals surface area contributed by atoms with E-state index in [9.17, 15) is 9.18 Å². The molecule has 0 aromatic rings. The van der Waals surface area contributed by atoms with Crippen molar-refractivity contribution in [3.05, 3.63) is 46.3 Å². The summed E-state index contributed by atoms with van der Waals surface area (Å²) in [6, 6.07) is 0. The molecule has 0 N–H and O–H groups in total. The SMILES string of the molecule is CCOC(=O)/C(F)=C(\C)CC/C=C(\C)CC/C=C(\C)CCC=C(C)C. The second-order valence-corrected chi connectivity index (χ2v) is 6.81. The molecule has 0 aliphatic carbocycles. The number of halogens is 1. The van der Waals surface area contributed by atoms with Crippen LogP contribution in [-0.2, 0) is 9.53 Å². The number of carbonyl (C=O) groups is 1. The molecule has 0 aliphatic rings. The molecule has 0 amide bonds. The number of allylic oxidation sites excluding steroid dienone is 7. The third-order valence-electron chi connectivity index (χ3n) is 3.96. The third kappa shape index (κ3) is 12.4. The van der Waals surface area contributed by atoms with E-state index in [2.05, 4.69) is 50.7 Å². The first-order valence-corrected chi connectivity index (χ1v) is 9.24. The van der Waals surface area contributed by atoms with E-state index < -0.39 is 11.8 Å². The van der Waals surface area contributed by atoms with Crippen molar-refractivity contribution in [3.8, 4) is 0 Å². The Bertz CT molecular complexity index is 532. The van der Waals surface area contributed by atoms with Gasteiger partial charge in [-0.15, -0.1) is 0 Å². The molecule has 3 heteroatoms. The predicted octanol–water partition coefficient (Wildman–Crippen LogP) is 6.99. The summed E-state index contributed by atoms with van der Waals surface area (Å²) >= 11 is 0. The maximum absolute atomic E-state index is 13.7. The van der Waals surface area contributed by atoms with Crippen LogP contribution < -0.4 is 0 Å². The summed E-state index contributed by atoms with van der Waals surface area (Å²) in [5.74, 6) is -1.60. The van der Waals surface area contributed by atoms with Gasteiger partial charge in [-0.25, -0.2) is 4.79 Å². The quantitative estimate of drug-likeness (QED) is 0.228. The number of hydrogen-bond acceptors (Lipinski definition) is 2. The van der Waals surface area contributed by atoms with Crippen LogP contribution in [0, 0.1) is 0 Å². The van der Waals surface area contributed by atoms with Crippen LogP contribution >= 0.6 is 0 Å². The van der Waals surface area contributed by atoms with Crippen LogP contribution in [0.4, 0.5) is 4.39 Å². The topological polar surface area (TPSA) is 26.3 Å². The Morgan fingerprint density at radius 2 is 1.32 bits per heavy atom. The summed E-state index contributed by atoms with van der Waals surface area (Å²) in [7, 11) is 0. The van der Waals surface area contributed by atoms with Crippen LogP contribution in [0.5, 0.6) is 0 Å². The molecule has 0 unspecified atom stereocenters. The summed E-state index contributed by atoms with van der Waals surface area (Å²) in [6.07, 6.45) is 12.3. The number of rotatable bonds is 11. The van der Waals surface area contributed by atoms with Gasteiger partial charge in [0.25, 0.3) is 0 Å². The molecule has 0 saturated carbocycles. The third-order valence-corrected chi connectivity index (χ3v) is 3.96. The van der Waals surface area contributed by atoms with E-state index in [0.717, 1.165) is 32.1 Å². The number of esters is 1. The van der Waals surface area contributed by atoms with E-state index in [0.29, 0.717) is 12.0 Å². The van der Waals surface area contributed by atoms with Gasteiger partial charge in [0.05, 0.1) is 6.61 Å². The van der Waals surface area contributed by atoms with Crippen LogP contribution in [0.3, 0.4) is 0 Å². The van der Waals surface area contributed by atoms with Gasteiger partial charge in [0.15, 0.2) is 0 Å². The van der Waals surface area contributed by atoms with Crippen molar-refractivity contribution >= 4 is 5.97 Å². The fraction of sp³-hybridized carbons (Fsp3) is 0.591. The summed E-state index contributed by atoms with van der Waals surface area (Å²) in [6.45, 7) is 12.1. The second-order valence-electron chi connectivity index (χ2n) is 6.81. The molecule has 0 radical (unpaired) electrons. The van der Waals surface area contributed by atoms with Crippen LogP contribution in [0.15, 0.2) is 46.3 Å². The molecule has 0 saturated heterocycles. The van der Waals surface area contributed by atoms with E-state index in [1.165, 1.54) is 16.7 Å². The van der Waals surface area contributed by atoms with Gasteiger partial charge >= 0.3 is 5.97 Å². The molecule has 0 spiro atoms. The zero-order valence-corrected chi connectivity index (χ0v) is 16.9. The summed E-state index contributed by atoms with van der Waals surface area (Å²) in [4.78, 5) is 11.3. The molecular weight excluding hydrogens is 315 g/mol. The van der Waals surface area contributed by atoms with Crippen LogP contribution in [0.1, 0.15) is 80.1 Å². The van der Waals surface area contributed by atoms with Gasteiger partial charge < -0.3 is 4.74 Å². The van der Waals surface area contributed by atoms with Crippen LogP contribution in [-0.4, -0.2) is 12.6 Å². The lowest BCUT2D eigenvalue weighted by Gasteiger charge is -2.04. The fourth-order valence-corrected chi connectivity index (χ4v) is 2.35. The van der Waals surface area contributed by atoms with E-state index in [1.807, 2.05) is 0 Å². The first kappa shape index (κ1) is 23.4. The van der Waals surface area contributed by atoms with Crippen LogP contribution in [0.25, 0.3) is 0 Å². The minimum absolute atomic E-state index is 0.194. The van der Waals surface area contributed by atoms with Gasteiger partial charge in [-0.3, -0.25) is 0 Å². The molecule has 25 heavy (non-hydrogen) atoms. The lowest BCUT2D eigenvalue weighted by atomic mass is 10.0. The maximum atomic E-state index is 13.7. The summed E-state index contributed by atoms with van der Waals surface area (Å²) < 4.78 is 18.4. The van der Waals surface area contributed by atoms with Crippen molar-refractivity contribution < 1.29 is 13.9 Å². The Hall–Kier alpha value is -1.64. The minimum Gasteiger partial charge on any atom is -0.461 e. The Kier molecular flexibility index (Phi) is 12.7. The highest BCUT2D eigenvalue weighted by Crippen LogP contribution is 2.16. The molecule has 0 aliphatic heterocycles. The van der Waals surface area contributed by atoms with Gasteiger partial charge in [-0.2, -0.15) is 4.39 Å². The number of carbonyl (C=O) groups excluding carboxylic acids is 1. The highest BCUT2D eigenvalue weighted by Gasteiger charge is 2.12. The fourth-order valence-electron chi connectivity index (χ4n) is 2.35. The monoisotopic (exact) mass is 350 g/mol. The van der Waals surface area contributed by atoms with Crippen molar-refractivity contribution in [1.82, 2.24) is 0 Å². The van der Waals surface area contributed by atoms with Crippen molar-refractivity contribution in [2.24, 2.45) is 0 Å². The molecule has 0 heterocycles. The second kappa shape index (κ2) is 13.6. The molecule has 142 valence electrons. The lowest BCUT2D eigenvalue weighted by molar-refractivity contribution is -0.140. The first-order chi connectivity index (χ1) is 11.8. The molecule has 0 aromatic heterocycles. The molecule has 2 nitrogen and oxygen atoms in total. The van der Waals surface area contributed by atoms with E-state index in [-0.39, 0.29) is 6.61 Å². The summed E-state index contributed by atoms with van der Waals surface area (Å²) in [5.41, 5.74) is 4.56. The van der Waals surface area contributed by atoms with Gasteiger partial charge in [0.2, 0.25) is 5.83 Å². The highest BCUT2D eigenvalue weighted by molar-refractivity contribution is 5.86. The molecule has 0 bridgehead atoms. The molecule has 0 rings (SSSR count). The minimum atomic E-state index is -0.852. The van der Waals surface area contributed by atoms with E-state index >= 15 is 0 Å². The Morgan fingerprint density at radius 3 is 1.80 bits per heavy atom. The average molecular weight is 351 g/mol. The standard InChI is InChI=1S/C22H35FO2/c1-7-25-22(24)21(23)20(6)16-10-15-19(5)14-9-13-18(4)12-8-11-17(2)3/h11,13,15H,7-10,12,14,16H2,1-6H3/b18-13+,19-15+,21-20-. The highest BCUT2D eigenvalue weighted by atomic mass is 19.1. The zero-order chi connectivity index (χ0) is 19.2. The van der Waals surface area contributed by atoms with Gasteiger partial charge in [-0.05, 0) is 85.6 Å². The van der Waals surface area contributed by atoms with Gasteiger partial charge in [0.1, 0.15) is 0 Å². The Morgan fingerprint density at radius 1 is 0.840 bits per heavy atom. The average Bonchev–Trinajstić information content (AvgIpc) is 2.53. The molecular formula is C22H35FO2. The normalized spacial score (nSPS) is 13.4. The zero-order valence-electron chi connectivity index (χ0n) is 16.9. The van der Waals surface area contributed by atoms with Crippen molar-refractivity contribution in [2.75, 3.05) is 6.61 Å². The predicted molar refractivity (Wildman–Crippen MR) is 105 cm³/mol. The molecule has 0 aromatic carbocycles. The lowest BCUT2D eigenvalue weighted by Crippen LogP contribution is -2.06. The Balaban J connectivity index is 4.23. The number of hydrogen-bond donors (Lipinski definition) is 0. The maximum Gasteiger partial charge on any atom is 0.367 e. The number of ether oxygens (including phenoxy) is 1. The van der Waals surface area contributed by atoms with Crippen molar-refractivity contribution in [1.29, 1.82) is 0 Å². The van der Waals surface area contributed by atoms with Crippen molar-refractivity contribution in [3.63, 3.8) is 0 Å². The van der Waals surface area contributed by atoms with E-state index in [1.54, 1.807) is 13.8 Å². The first-order valence-electron chi connectivity index (χ1n) is 9.24. The molecule has 0 fully saturated rings. The van der Waals surface area contributed by atoms with Crippen molar-refractivity contribution in [2.45, 2.75) is 80.1 Å². The van der Waals surface area contributed by atoms with Crippen LogP contribution in [0.2, 0.25) is 0 Å². The smallest absolute Gasteiger partial charge is 0.367 e. The Labute approximate surface area is 153 Å². The largest absolute Gasteiger partial charge is 0.461 e.